The highest BCUT2D eigenvalue weighted by molar-refractivity contribution is 5.76. The fraction of sp³-hybridized carbons (Fsp3) is 0.565. The van der Waals surface area contributed by atoms with Gasteiger partial charge < -0.3 is 25.0 Å². The Balaban J connectivity index is 1.38. The highest BCUT2D eigenvalue weighted by Gasteiger charge is 2.26. The van der Waals surface area contributed by atoms with E-state index in [1.165, 1.54) is 16.7 Å². The fourth-order valence-corrected chi connectivity index (χ4v) is 4.71. The summed E-state index contributed by atoms with van der Waals surface area (Å²) in [7, 11) is 2.17. The van der Waals surface area contributed by atoms with Crippen LogP contribution in [0, 0.1) is 5.92 Å². The highest BCUT2D eigenvalue weighted by Crippen LogP contribution is 2.38. The third kappa shape index (κ3) is 3.96. The average molecular weight is 410 g/mol. The number of nitrogens with zero attached hydrogens (tertiary/aromatic N) is 4. The van der Waals surface area contributed by atoms with Crippen LogP contribution in [0.3, 0.4) is 0 Å². The minimum Gasteiger partial charge on any atom is -0.493 e. The molecule has 160 valence electrons. The Bertz CT molecular complexity index is 905. The maximum atomic E-state index is 6.14. The van der Waals surface area contributed by atoms with Crippen LogP contribution in [-0.4, -0.2) is 67.9 Å². The van der Waals surface area contributed by atoms with Crippen molar-refractivity contribution in [1.29, 1.82) is 0 Å². The monoisotopic (exact) mass is 409 g/mol. The molecule has 0 bridgehead atoms. The Kier molecular flexibility index (Phi) is 5.48. The van der Waals surface area contributed by atoms with Crippen LogP contribution in [-0.2, 0) is 17.6 Å². The molecule has 7 nitrogen and oxygen atoms in total. The second-order valence-electron chi connectivity index (χ2n) is 8.71. The molecule has 5 rings (SSSR count). The SMILES string of the molecule is CN1CCN(c2nc(N)nc3c2CCc2cc(OCC4CCOCC4)ccc2-3)CC1. The van der Waals surface area contributed by atoms with Crippen LogP contribution in [0.15, 0.2) is 18.2 Å². The van der Waals surface area contributed by atoms with E-state index in [-0.39, 0.29) is 0 Å². The molecule has 0 unspecified atom stereocenters. The molecule has 3 heterocycles. The van der Waals surface area contributed by atoms with Crippen LogP contribution in [0.25, 0.3) is 11.3 Å². The van der Waals surface area contributed by atoms with Crippen LogP contribution >= 0.6 is 0 Å². The summed E-state index contributed by atoms with van der Waals surface area (Å²) in [5.74, 6) is 2.92. The van der Waals surface area contributed by atoms with Crippen LogP contribution < -0.4 is 15.4 Å². The first-order chi connectivity index (χ1) is 14.7. The summed E-state index contributed by atoms with van der Waals surface area (Å²) < 4.78 is 11.6. The van der Waals surface area contributed by atoms with E-state index < -0.39 is 0 Å². The number of ether oxygens (including phenoxy) is 2. The quantitative estimate of drug-likeness (QED) is 0.831. The van der Waals surface area contributed by atoms with Crippen LogP contribution in [0.5, 0.6) is 5.75 Å². The van der Waals surface area contributed by atoms with Gasteiger partial charge in [-0.25, -0.2) is 4.98 Å². The van der Waals surface area contributed by atoms with Gasteiger partial charge in [-0.2, -0.15) is 4.98 Å². The number of likely N-dealkylation sites (N-methyl/N-ethyl adjacent to an activating group) is 1. The van der Waals surface area contributed by atoms with Gasteiger partial charge in [0.25, 0.3) is 0 Å². The predicted molar refractivity (Wildman–Crippen MR) is 118 cm³/mol. The van der Waals surface area contributed by atoms with Gasteiger partial charge in [0.1, 0.15) is 11.6 Å². The molecule has 7 heteroatoms. The number of nitrogen functional groups attached to an aromatic ring is 1. The smallest absolute Gasteiger partial charge is 0.222 e. The number of hydrogen-bond donors (Lipinski definition) is 1. The Morgan fingerprint density at radius 2 is 1.90 bits per heavy atom. The summed E-state index contributed by atoms with van der Waals surface area (Å²) in [6.45, 7) is 6.52. The Morgan fingerprint density at radius 3 is 2.70 bits per heavy atom. The van der Waals surface area contributed by atoms with Gasteiger partial charge in [-0.3, -0.25) is 0 Å². The first-order valence-electron chi connectivity index (χ1n) is 11.1. The molecule has 2 aromatic rings. The minimum absolute atomic E-state index is 0.357. The molecule has 2 aliphatic heterocycles. The van der Waals surface area contributed by atoms with Gasteiger partial charge >= 0.3 is 0 Å². The summed E-state index contributed by atoms with van der Waals surface area (Å²) in [6.07, 6.45) is 4.09. The lowest BCUT2D eigenvalue weighted by Gasteiger charge is -2.35. The topological polar surface area (TPSA) is 76.7 Å². The zero-order valence-corrected chi connectivity index (χ0v) is 17.8. The molecule has 0 atom stereocenters. The standard InChI is InChI=1S/C23H31N5O2/c1-27-8-10-28(11-9-27)22-20-4-2-17-14-18(30-15-16-6-12-29-13-7-16)3-5-19(17)21(20)25-23(24)26-22/h3,5,14,16H,2,4,6-13,15H2,1H3,(H2,24,25,26). The predicted octanol–water partition coefficient (Wildman–Crippen LogP) is 2.38. The summed E-state index contributed by atoms with van der Waals surface area (Å²) in [5.41, 5.74) is 10.8. The van der Waals surface area contributed by atoms with Gasteiger partial charge in [0, 0.05) is 50.5 Å². The maximum absolute atomic E-state index is 6.14. The molecule has 2 fully saturated rings. The van der Waals surface area contributed by atoms with Crippen LogP contribution in [0.2, 0.25) is 0 Å². The number of fused-ring (bicyclic) bond motifs is 3. The van der Waals surface area contributed by atoms with Gasteiger partial charge in [0.05, 0.1) is 12.3 Å². The number of benzene rings is 1. The van der Waals surface area contributed by atoms with Crippen molar-refractivity contribution in [2.45, 2.75) is 25.7 Å². The molecule has 1 aliphatic carbocycles. The number of nitrogens with two attached hydrogens (primary N) is 1. The lowest BCUT2D eigenvalue weighted by Crippen LogP contribution is -2.45. The Hall–Kier alpha value is -2.38. The van der Waals surface area contributed by atoms with Gasteiger partial charge in [0.15, 0.2) is 0 Å². The molecule has 30 heavy (non-hydrogen) atoms. The van der Waals surface area contributed by atoms with Gasteiger partial charge in [0.2, 0.25) is 5.95 Å². The van der Waals surface area contributed by atoms with E-state index in [4.69, 9.17) is 15.2 Å². The molecule has 0 saturated carbocycles. The zero-order valence-electron chi connectivity index (χ0n) is 17.8. The number of piperazine rings is 1. The number of aromatic nitrogens is 2. The van der Waals surface area contributed by atoms with E-state index in [9.17, 15) is 0 Å². The Labute approximate surface area is 178 Å². The Morgan fingerprint density at radius 1 is 1.10 bits per heavy atom. The maximum Gasteiger partial charge on any atom is 0.222 e. The van der Waals surface area contributed by atoms with Crippen molar-refractivity contribution in [2.75, 3.05) is 63.7 Å². The number of rotatable bonds is 4. The summed E-state index contributed by atoms with van der Waals surface area (Å²) in [6, 6.07) is 6.40. The summed E-state index contributed by atoms with van der Waals surface area (Å²) >= 11 is 0. The van der Waals surface area contributed by atoms with E-state index >= 15 is 0 Å². The summed E-state index contributed by atoms with van der Waals surface area (Å²) in [4.78, 5) is 14.0. The second-order valence-corrected chi connectivity index (χ2v) is 8.71. The van der Waals surface area contributed by atoms with Crippen molar-refractivity contribution in [2.24, 2.45) is 5.92 Å². The van der Waals surface area contributed by atoms with Crippen molar-refractivity contribution < 1.29 is 9.47 Å². The van der Waals surface area contributed by atoms with Gasteiger partial charge in [-0.15, -0.1) is 0 Å². The molecule has 2 saturated heterocycles. The van der Waals surface area contributed by atoms with Crippen molar-refractivity contribution in [3.8, 4) is 17.0 Å². The van der Waals surface area contributed by atoms with E-state index in [0.29, 0.717) is 11.9 Å². The molecule has 3 aliphatic rings. The van der Waals surface area contributed by atoms with E-state index in [2.05, 4.69) is 45.0 Å². The fourth-order valence-electron chi connectivity index (χ4n) is 4.71. The number of aryl methyl sites for hydroxylation is 1. The van der Waals surface area contributed by atoms with E-state index in [0.717, 1.165) is 88.9 Å². The second kappa shape index (κ2) is 8.40. The van der Waals surface area contributed by atoms with E-state index in [1.807, 2.05) is 0 Å². The highest BCUT2D eigenvalue weighted by atomic mass is 16.5. The molecule has 1 aromatic heterocycles. The molecular formula is C23H31N5O2. The van der Waals surface area contributed by atoms with Gasteiger partial charge in [-0.05, 0) is 62.4 Å². The average Bonchev–Trinajstić information content (AvgIpc) is 2.78. The molecule has 0 spiro atoms. The summed E-state index contributed by atoms with van der Waals surface area (Å²) in [5, 5.41) is 0. The molecule has 0 radical (unpaired) electrons. The first kappa shape index (κ1) is 19.6. The lowest BCUT2D eigenvalue weighted by molar-refractivity contribution is 0.0497. The zero-order chi connectivity index (χ0) is 20.5. The normalized spacial score (nSPS) is 20.0. The number of hydrogen-bond acceptors (Lipinski definition) is 7. The van der Waals surface area contributed by atoms with Crippen molar-refractivity contribution in [1.82, 2.24) is 14.9 Å². The van der Waals surface area contributed by atoms with Gasteiger partial charge in [-0.1, -0.05) is 0 Å². The molecule has 1 aromatic carbocycles. The van der Waals surface area contributed by atoms with Crippen LogP contribution in [0.1, 0.15) is 24.0 Å². The number of anilines is 2. The van der Waals surface area contributed by atoms with Crippen LogP contribution in [0.4, 0.5) is 11.8 Å². The minimum atomic E-state index is 0.357. The van der Waals surface area contributed by atoms with Crippen molar-refractivity contribution >= 4 is 11.8 Å². The van der Waals surface area contributed by atoms with Crippen molar-refractivity contribution in [3.63, 3.8) is 0 Å². The third-order valence-electron chi connectivity index (χ3n) is 6.61. The lowest BCUT2D eigenvalue weighted by atomic mass is 9.88. The van der Waals surface area contributed by atoms with Crippen molar-refractivity contribution in [3.05, 3.63) is 29.3 Å². The van der Waals surface area contributed by atoms with E-state index in [1.54, 1.807) is 0 Å². The first-order valence-corrected chi connectivity index (χ1v) is 11.1. The molecule has 2 N–H and O–H groups in total. The molecule has 0 amide bonds. The third-order valence-corrected chi connectivity index (χ3v) is 6.61. The largest absolute Gasteiger partial charge is 0.493 e. The molecular weight excluding hydrogens is 378 g/mol.